The summed E-state index contributed by atoms with van der Waals surface area (Å²) in [4.78, 5) is 22.9. The lowest BCUT2D eigenvalue weighted by molar-refractivity contribution is 0.311. The van der Waals surface area contributed by atoms with E-state index in [1.807, 2.05) is 18.2 Å². The van der Waals surface area contributed by atoms with Crippen LogP contribution in [0.1, 0.15) is 0 Å². The molecular formula is C24H26N8O2S. The summed E-state index contributed by atoms with van der Waals surface area (Å²) in [5.74, 6) is 1.14. The molecule has 0 unspecified atom stereocenters. The molecule has 0 radical (unpaired) electrons. The molecule has 5 rings (SSSR count). The Kier molecular flexibility index (Phi) is 6.29. The summed E-state index contributed by atoms with van der Waals surface area (Å²) in [6, 6.07) is 12.5. The molecule has 4 aromatic rings. The highest BCUT2D eigenvalue weighted by molar-refractivity contribution is 7.89. The van der Waals surface area contributed by atoms with Gasteiger partial charge in [-0.3, -0.25) is 0 Å². The monoisotopic (exact) mass is 490 g/mol. The molecule has 1 aliphatic rings. The minimum absolute atomic E-state index is 0.209. The zero-order valence-corrected chi connectivity index (χ0v) is 20.3. The number of para-hydroxylation sites is 1. The summed E-state index contributed by atoms with van der Waals surface area (Å²) in [6.45, 7) is 3.79. The summed E-state index contributed by atoms with van der Waals surface area (Å²) in [5, 5.41) is 4.06. The lowest BCUT2D eigenvalue weighted by atomic mass is 10.0. The second kappa shape index (κ2) is 9.53. The molecule has 35 heavy (non-hydrogen) atoms. The van der Waals surface area contributed by atoms with E-state index in [-0.39, 0.29) is 4.90 Å². The molecule has 10 nitrogen and oxygen atoms in total. The number of sulfonamides is 1. The molecular weight excluding hydrogens is 464 g/mol. The first-order valence-corrected chi connectivity index (χ1v) is 12.7. The Morgan fingerprint density at radius 3 is 2.29 bits per heavy atom. The van der Waals surface area contributed by atoms with Crippen molar-refractivity contribution in [3.63, 3.8) is 0 Å². The average Bonchev–Trinajstić information content (AvgIpc) is 2.89. The van der Waals surface area contributed by atoms with Crippen molar-refractivity contribution in [2.75, 3.05) is 50.5 Å². The van der Waals surface area contributed by atoms with Crippen LogP contribution in [0.25, 0.3) is 22.0 Å². The molecule has 3 heterocycles. The van der Waals surface area contributed by atoms with Crippen LogP contribution in [0, 0.1) is 0 Å². The topological polar surface area (TPSA) is 116 Å². The van der Waals surface area contributed by atoms with Crippen LogP contribution in [0.2, 0.25) is 0 Å². The minimum atomic E-state index is -3.50. The van der Waals surface area contributed by atoms with Gasteiger partial charge in [-0.15, -0.1) is 0 Å². The van der Waals surface area contributed by atoms with E-state index in [0.717, 1.165) is 48.2 Å². The van der Waals surface area contributed by atoms with Gasteiger partial charge in [0.1, 0.15) is 0 Å². The van der Waals surface area contributed by atoms with Gasteiger partial charge in [0, 0.05) is 43.3 Å². The Balaban J connectivity index is 1.39. The smallest absolute Gasteiger partial charge is 0.240 e. The highest BCUT2D eigenvalue weighted by Gasteiger charge is 2.16. The number of fused-ring (bicyclic) bond motifs is 1. The number of nitrogens with one attached hydrogen (secondary N) is 2. The van der Waals surface area contributed by atoms with E-state index in [1.54, 1.807) is 42.9 Å². The third-order valence-corrected chi connectivity index (χ3v) is 7.47. The van der Waals surface area contributed by atoms with Crippen LogP contribution < -0.4 is 14.9 Å². The third-order valence-electron chi connectivity index (χ3n) is 6.04. The van der Waals surface area contributed by atoms with Crippen LogP contribution in [0.3, 0.4) is 0 Å². The summed E-state index contributed by atoms with van der Waals surface area (Å²) in [6.07, 6.45) is 5.23. The van der Waals surface area contributed by atoms with Crippen molar-refractivity contribution < 1.29 is 8.42 Å². The maximum Gasteiger partial charge on any atom is 0.240 e. The Labute approximate surface area is 204 Å². The van der Waals surface area contributed by atoms with Crippen LogP contribution in [0.15, 0.2) is 66.0 Å². The number of rotatable bonds is 6. The van der Waals surface area contributed by atoms with E-state index in [1.165, 1.54) is 7.05 Å². The number of hydrogen-bond donors (Lipinski definition) is 2. The number of piperazine rings is 1. The molecule has 0 amide bonds. The summed E-state index contributed by atoms with van der Waals surface area (Å²) >= 11 is 0. The van der Waals surface area contributed by atoms with Gasteiger partial charge in [-0.05, 0) is 31.8 Å². The quantitative estimate of drug-likeness (QED) is 0.420. The fourth-order valence-electron chi connectivity index (χ4n) is 3.97. The van der Waals surface area contributed by atoms with Crippen LogP contribution >= 0.6 is 0 Å². The maximum absolute atomic E-state index is 12.0. The predicted molar refractivity (Wildman–Crippen MR) is 136 cm³/mol. The molecule has 2 aromatic carbocycles. The van der Waals surface area contributed by atoms with E-state index >= 15 is 0 Å². The fourth-order valence-corrected chi connectivity index (χ4v) is 4.70. The highest BCUT2D eigenvalue weighted by atomic mass is 32.2. The number of anilines is 3. The molecule has 2 N–H and O–H groups in total. The minimum Gasteiger partial charge on any atom is -0.338 e. The third kappa shape index (κ3) is 4.92. The Bertz CT molecular complexity index is 1440. The molecule has 0 aliphatic carbocycles. The first-order chi connectivity index (χ1) is 16.9. The van der Waals surface area contributed by atoms with Crippen LogP contribution in [0.4, 0.5) is 17.6 Å². The molecule has 1 fully saturated rings. The van der Waals surface area contributed by atoms with Gasteiger partial charge in [-0.2, -0.15) is 0 Å². The first kappa shape index (κ1) is 23.1. The van der Waals surface area contributed by atoms with Crippen molar-refractivity contribution in [3.8, 4) is 11.1 Å². The SMILES string of the molecule is CNS(=O)(=O)c1ccc(-c2cccc3cnc(Nc4cnc(N5CCN(C)CC5)nc4)nc23)cc1. The van der Waals surface area contributed by atoms with Gasteiger partial charge in [0.2, 0.25) is 21.9 Å². The zero-order valence-electron chi connectivity index (χ0n) is 19.5. The Morgan fingerprint density at radius 2 is 1.60 bits per heavy atom. The Hall–Kier alpha value is -3.67. The molecule has 0 bridgehead atoms. The second-order valence-electron chi connectivity index (χ2n) is 8.36. The fraction of sp³-hybridized carbons (Fsp3) is 0.250. The summed E-state index contributed by atoms with van der Waals surface area (Å²) < 4.78 is 26.4. The van der Waals surface area contributed by atoms with Crippen molar-refractivity contribution in [1.82, 2.24) is 29.6 Å². The van der Waals surface area contributed by atoms with Gasteiger partial charge >= 0.3 is 0 Å². The lowest BCUT2D eigenvalue weighted by Crippen LogP contribution is -2.45. The van der Waals surface area contributed by atoms with E-state index < -0.39 is 10.0 Å². The highest BCUT2D eigenvalue weighted by Crippen LogP contribution is 2.29. The van der Waals surface area contributed by atoms with E-state index in [4.69, 9.17) is 4.98 Å². The van der Waals surface area contributed by atoms with Crippen LogP contribution in [-0.4, -0.2) is 73.5 Å². The summed E-state index contributed by atoms with van der Waals surface area (Å²) in [7, 11) is 0.0115. The lowest BCUT2D eigenvalue weighted by Gasteiger charge is -2.32. The van der Waals surface area contributed by atoms with Crippen LogP contribution in [-0.2, 0) is 10.0 Å². The van der Waals surface area contributed by atoms with Crippen molar-refractivity contribution in [1.29, 1.82) is 0 Å². The molecule has 180 valence electrons. The maximum atomic E-state index is 12.0. The van der Waals surface area contributed by atoms with Gasteiger partial charge in [-0.25, -0.2) is 33.1 Å². The number of nitrogens with zero attached hydrogens (tertiary/aromatic N) is 6. The standard InChI is InChI=1S/C24H26N8O2S/c1-25-35(33,34)20-8-6-17(7-9-20)21-5-3-4-18-14-26-23(30-22(18)21)29-19-15-27-24(28-16-19)32-12-10-31(2)11-13-32/h3-9,14-16,25H,10-13H2,1-2H3,(H,26,29,30). The van der Waals surface area contributed by atoms with E-state index in [0.29, 0.717) is 17.6 Å². The number of aromatic nitrogens is 4. The summed E-state index contributed by atoms with van der Waals surface area (Å²) in [5.41, 5.74) is 3.18. The van der Waals surface area contributed by atoms with E-state index in [2.05, 4.69) is 41.8 Å². The van der Waals surface area contributed by atoms with Gasteiger partial charge in [-0.1, -0.05) is 30.3 Å². The predicted octanol–water partition coefficient (Wildman–Crippen LogP) is 2.49. The Morgan fingerprint density at radius 1 is 0.886 bits per heavy atom. The molecule has 0 spiro atoms. The molecule has 11 heteroatoms. The second-order valence-corrected chi connectivity index (χ2v) is 10.2. The number of benzene rings is 2. The van der Waals surface area contributed by atoms with Crippen LogP contribution in [0.5, 0.6) is 0 Å². The molecule has 1 aliphatic heterocycles. The molecule has 1 saturated heterocycles. The number of hydrogen-bond acceptors (Lipinski definition) is 9. The van der Waals surface area contributed by atoms with Crippen molar-refractivity contribution in [2.45, 2.75) is 4.90 Å². The molecule has 0 saturated carbocycles. The van der Waals surface area contributed by atoms with Gasteiger partial charge in [0.25, 0.3) is 0 Å². The zero-order chi connectivity index (χ0) is 24.4. The largest absolute Gasteiger partial charge is 0.338 e. The molecule has 2 aromatic heterocycles. The van der Waals surface area contributed by atoms with Gasteiger partial charge in [0.05, 0.1) is 28.5 Å². The first-order valence-electron chi connectivity index (χ1n) is 11.3. The van der Waals surface area contributed by atoms with Crippen molar-refractivity contribution >= 4 is 38.5 Å². The van der Waals surface area contributed by atoms with Crippen molar-refractivity contribution in [3.05, 3.63) is 61.1 Å². The number of likely N-dealkylation sites (N-methyl/N-ethyl adjacent to an activating group) is 1. The van der Waals surface area contributed by atoms with Gasteiger partial charge < -0.3 is 15.1 Å². The van der Waals surface area contributed by atoms with E-state index in [9.17, 15) is 8.42 Å². The normalized spacial score (nSPS) is 14.9. The average molecular weight is 491 g/mol. The van der Waals surface area contributed by atoms with Crippen molar-refractivity contribution in [2.24, 2.45) is 0 Å². The molecule has 0 atom stereocenters. The van der Waals surface area contributed by atoms with Gasteiger partial charge in [0.15, 0.2) is 0 Å².